The van der Waals surface area contributed by atoms with Crippen LogP contribution in [0.1, 0.15) is 68.5 Å². The SMILES string of the molecule is CCC1CCCN(C(CN)c2cccc(C3CC3)c2)CC1. The molecule has 2 unspecified atom stereocenters. The monoisotopic (exact) mass is 286 g/mol. The van der Waals surface area contributed by atoms with E-state index in [1.165, 1.54) is 62.7 Å². The molecule has 2 N–H and O–H groups in total. The minimum atomic E-state index is 0.416. The van der Waals surface area contributed by atoms with Crippen LogP contribution in [-0.2, 0) is 0 Å². The van der Waals surface area contributed by atoms with Gasteiger partial charge in [-0.25, -0.2) is 0 Å². The van der Waals surface area contributed by atoms with Crippen molar-refractivity contribution in [3.63, 3.8) is 0 Å². The third kappa shape index (κ3) is 3.67. The number of benzene rings is 1. The zero-order chi connectivity index (χ0) is 14.7. The Kier molecular flexibility index (Phi) is 4.97. The van der Waals surface area contributed by atoms with E-state index < -0.39 is 0 Å². The maximum atomic E-state index is 6.15. The van der Waals surface area contributed by atoms with Gasteiger partial charge in [-0.05, 0) is 68.2 Å². The Labute approximate surface area is 129 Å². The summed E-state index contributed by atoms with van der Waals surface area (Å²) in [4.78, 5) is 2.64. The van der Waals surface area contributed by atoms with Gasteiger partial charge in [0, 0.05) is 12.6 Å². The standard InChI is InChI=1S/C19H30N2/c1-2-15-5-4-11-21(12-10-15)19(14-20)18-7-3-6-17(13-18)16-8-9-16/h3,6-7,13,15-16,19H,2,4-5,8-12,14,20H2,1H3. The molecule has 2 nitrogen and oxygen atoms in total. The highest BCUT2D eigenvalue weighted by Crippen LogP contribution is 2.41. The van der Waals surface area contributed by atoms with Crippen LogP contribution >= 0.6 is 0 Å². The molecule has 1 saturated carbocycles. The Morgan fingerprint density at radius 3 is 2.76 bits per heavy atom. The largest absolute Gasteiger partial charge is 0.329 e. The van der Waals surface area contributed by atoms with Crippen molar-refractivity contribution in [3.8, 4) is 0 Å². The Hall–Kier alpha value is -0.860. The van der Waals surface area contributed by atoms with Crippen molar-refractivity contribution >= 4 is 0 Å². The first-order valence-corrected chi connectivity index (χ1v) is 8.85. The molecule has 0 bridgehead atoms. The summed E-state index contributed by atoms with van der Waals surface area (Å²) in [6, 6.07) is 9.66. The first-order valence-electron chi connectivity index (χ1n) is 8.85. The minimum absolute atomic E-state index is 0.416. The average Bonchev–Trinajstić information content (AvgIpc) is 3.36. The van der Waals surface area contributed by atoms with Gasteiger partial charge in [-0.15, -0.1) is 0 Å². The molecule has 0 aromatic heterocycles. The highest BCUT2D eigenvalue weighted by atomic mass is 15.2. The van der Waals surface area contributed by atoms with Gasteiger partial charge in [-0.1, -0.05) is 37.6 Å². The van der Waals surface area contributed by atoms with Gasteiger partial charge in [0.15, 0.2) is 0 Å². The number of nitrogens with zero attached hydrogens (tertiary/aromatic N) is 1. The molecule has 2 atom stereocenters. The second-order valence-electron chi connectivity index (χ2n) is 6.94. The Morgan fingerprint density at radius 2 is 2.05 bits per heavy atom. The molecular formula is C19H30N2. The Bertz CT molecular complexity index is 453. The van der Waals surface area contributed by atoms with Crippen molar-refractivity contribution < 1.29 is 0 Å². The van der Waals surface area contributed by atoms with E-state index in [0.717, 1.165) is 18.4 Å². The predicted molar refractivity (Wildman–Crippen MR) is 89.4 cm³/mol. The second-order valence-corrected chi connectivity index (χ2v) is 6.94. The molecule has 1 aliphatic carbocycles. The van der Waals surface area contributed by atoms with Gasteiger partial charge < -0.3 is 5.73 Å². The van der Waals surface area contributed by atoms with Gasteiger partial charge in [-0.3, -0.25) is 4.90 Å². The van der Waals surface area contributed by atoms with E-state index in [4.69, 9.17) is 5.73 Å². The van der Waals surface area contributed by atoms with Gasteiger partial charge in [0.2, 0.25) is 0 Å². The van der Waals surface area contributed by atoms with Crippen molar-refractivity contribution in [1.82, 2.24) is 4.90 Å². The van der Waals surface area contributed by atoms with Gasteiger partial charge in [0.1, 0.15) is 0 Å². The van der Waals surface area contributed by atoms with Crippen LogP contribution in [0.25, 0.3) is 0 Å². The van der Waals surface area contributed by atoms with Crippen LogP contribution in [0.5, 0.6) is 0 Å². The lowest BCUT2D eigenvalue weighted by Crippen LogP contribution is -2.34. The molecule has 2 fully saturated rings. The molecule has 1 heterocycles. The molecule has 2 aliphatic rings. The molecule has 1 saturated heterocycles. The number of nitrogens with two attached hydrogens (primary N) is 1. The molecule has 2 heteroatoms. The summed E-state index contributed by atoms with van der Waals surface area (Å²) >= 11 is 0. The van der Waals surface area contributed by atoms with Crippen LogP contribution < -0.4 is 5.73 Å². The lowest BCUT2D eigenvalue weighted by atomic mass is 9.98. The van der Waals surface area contributed by atoms with Crippen molar-refractivity contribution in [2.75, 3.05) is 19.6 Å². The van der Waals surface area contributed by atoms with Gasteiger partial charge in [0.05, 0.1) is 0 Å². The Balaban J connectivity index is 1.73. The third-order valence-corrected chi connectivity index (χ3v) is 5.47. The fraction of sp³-hybridized carbons (Fsp3) is 0.684. The zero-order valence-electron chi connectivity index (χ0n) is 13.4. The van der Waals surface area contributed by atoms with Crippen molar-refractivity contribution in [1.29, 1.82) is 0 Å². The minimum Gasteiger partial charge on any atom is -0.329 e. The lowest BCUT2D eigenvalue weighted by molar-refractivity contribution is 0.206. The van der Waals surface area contributed by atoms with Crippen LogP contribution in [0.2, 0.25) is 0 Å². The maximum Gasteiger partial charge on any atom is 0.0470 e. The predicted octanol–water partition coefficient (Wildman–Crippen LogP) is 4.08. The summed E-state index contributed by atoms with van der Waals surface area (Å²) < 4.78 is 0. The van der Waals surface area contributed by atoms with E-state index in [2.05, 4.69) is 36.1 Å². The number of likely N-dealkylation sites (tertiary alicyclic amines) is 1. The summed E-state index contributed by atoms with van der Waals surface area (Å²) in [5.41, 5.74) is 9.13. The average molecular weight is 286 g/mol. The van der Waals surface area contributed by atoms with Gasteiger partial charge >= 0.3 is 0 Å². The number of rotatable bonds is 5. The molecule has 1 aromatic rings. The number of hydrogen-bond acceptors (Lipinski definition) is 2. The van der Waals surface area contributed by atoms with E-state index in [0.29, 0.717) is 6.04 Å². The van der Waals surface area contributed by atoms with Crippen molar-refractivity contribution in [2.45, 2.75) is 57.4 Å². The summed E-state index contributed by atoms with van der Waals surface area (Å²) in [5.74, 6) is 1.75. The maximum absolute atomic E-state index is 6.15. The van der Waals surface area contributed by atoms with E-state index >= 15 is 0 Å². The van der Waals surface area contributed by atoms with Gasteiger partial charge in [0.25, 0.3) is 0 Å². The lowest BCUT2D eigenvalue weighted by Gasteiger charge is -2.30. The van der Waals surface area contributed by atoms with Crippen LogP contribution in [0.4, 0.5) is 0 Å². The summed E-state index contributed by atoms with van der Waals surface area (Å²) in [6.07, 6.45) is 8.15. The van der Waals surface area contributed by atoms with Crippen LogP contribution in [-0.4, -0.2) is 24.5 Å². The molecule has 1 aromatic carbocycles. The van der Waals surface area contributed by atoms with E-state index in [-0.39, 0.29) is 0 Å². The first kappa shape index (κ1) is 15.1. The molecular weight excluding hydrogens is 256 g/mol. The molecule has 3 rings (SSSR count). The molecule has 0 spiro atoms. The highest BCUT2D eigenvalue weighted by molar-refractivity contribution is 5.31. The smallest absolute Gasteiger partial charge is 0.0470 e. The van der Waals surface area contributed by atoms with E-state index in [1.807, 2.05) is 0 Å². The molecule has 116 valence electrons. The summed E-state index contributed by atoms with van der Waals surface area (Å²) in [5, 5.41) is 0. The van der Waals surface area contributed by atoms with E-state index in [9.17, 15) is 0 Å². The molecule has 21 heavy (non-hydrogen) atoms. The third-order valence-electron chi connectivity index (χ3n) is 5.47. The van der Waals surface area contributed by atoms with Crippen LogP contribution in [0.15, 0.2) is 24.3 Å². The highest BCUT2D eigenvalue weighted by Gasteiger charge is 2.26. The van der Waals surface area contributed by atoms with Crippen molar-refractivity contribution in [2.24, 2.45) is 11.7 Å². The van der Waals surface area contributed by atoms with E-state index in [1.54, 1.807) is 0 Å². The first-order chi connectivity index (χ1) is 10.3. The van der Waals surface area contributed by atoms with Crippen LogP contribution in [0.3, 0.4) is 0 Å². The summed E-state index contributed by atoms with van der Waals surface area (Å²) in [6.45, 7) is 5.50. The second kappa shape index (κ2) is 6.93. The Morgan fingerprint density at radius 1 is 1.19 bits per heavy atom. The molecule has 0 amide bonds. The van der Waals surface area contributed by atoms with Crippen molar-refractivity contribution in [3.05, 3.63) is 35.4 Å². The molecule has 0 radical (unpaired) electrons. The molecule has 1 aliphatic heterocycles. The van der Waals surface area contributed by atoms with Crippen LogP contribution in [0, 0.1) is 5.92 Å². The summed E-state index contributed by atoms with van der Waals surface area (Å²) in [7, 11) is 0. The fourth-order valence-electron chi connectivity index (χ4n) is 3.84. The number of hydrogen-bond donors (Lipinski definition) is 1. The van der Waals surface area contributed by atoms with Gasteiger partial charge in [-0.2, -0.15) is 0 Å². The normalized spacial score (nSPS) is 25.5. The topological polar surface area (TPSA) is 29.3 Å². The zero-order valence-corrected chi connectivity index (χ0v) is 13.4. The quantitative estimate of drug-likeness (QED) is 0.884. The fourth-order valence-corrected chi connectivity index (χ4v) is 3.84.